The van der Waals surface area contributed by atoms with E-state index in [2.05, 4.69) is 16.2 Å². The first-order valence-corrected chi connectivity index (χ1v) is 13.7. The second-order valence-corrected chi connectivity index (χ2v) is 9.74. The molecule has 0 spiro atoms. The number of carbonyl (C=O) groups is 2. The minimum atomic E-state index is -0.673. The minimum Gasteiger partial charge on any atom is -0.446 e. The van der Waals surface area contributed by atoms with Crippen molar-refractivity contribution in [3.8, 4) is 5.75 Å². The third kappa shape index (κ3) is 6.85. The van der Waals surface area contributed by atoms with E-state index in [4.69, 9.17) is 9.57 Å². The number of esters is 1. The van der Waals surface area contributed by atoms with E-state index in [0.717, 1.165) is 17.4 Å². The quantitative estimate of drug-likeness (QED) is 0.168. The first-order valence-electron chi connectivity index (χ1n) is 13.7. The van der Waals surface area contributed by atoms with Crippen LogP contribution in [0.4, 0.5) is 5.69 Å². The number of hydrazine groups is 1. The fourth-order valence-electron chi connectivity index (χ4n) is 5.01. The molecule has 1 saturated heterocycles. The summed E-state index contributed by atoms with van der Waals surface area (Å²) in [6.45, 7) is 2.94. The summed E-state index contributed by atoms with van der Waals surface area (Å²) in [5, 5.41) is 5.54. The van der Waals surface area contributed by atoms with Gasteiger partial charge in [-0.1, -0.05) is 18.2 Å². The number of anilines is 1. The van der Waals surface area contributed by atoms with Crippen molar-refractivity contribution < 1.29 is 19.2 Å². The molecule has 0 saturated carbocycles. The van der Waals surface area contributed by atoms with E-state index in [1.165, 1.54) is 0 Å². The number of hydrogen-bond donors (Lipinski definition) is 3. The zero-order chi connectivity index (χ0) is 29.4. The number of benzene rings is 2. The Balaban J connectivity index is 1.64. The van der Waals surface area contributed by atoms with Gasteiger partial charge in [-0.15, -0.1) is 0 Å². The lowest BCUT2D eigenvalue weighted by atomic mass is 10.1. The molecule has 0 atom stereocenters. The molecule has 1 amide bonds. The number of piperazine rings is 1. The van der Waals surface area contributed by atoms with Crippen LogP contribution in [0.5, 0.6) is 5.75 Å². The Morgan fingerprint density at radius 3 is 2.34 bits per heavy atom. The zero-order valence-corrected chi connectivity index (χ0v) is 24.1. The summed E-state index contributed by atoms with van der Waals surface area (Å²) in [4.78, 5) is 49.5. The predicted molar refractivity (Wildman–Crippen MR) is 158 cm³/mol. The molecule has 12 nitrogen and oxygen atoms in total. The molecule has 1 aliphatic heterocycles. The standard InChI is InChI=1S/C29H39N7O5/c1-30-20-40-29(39)25-26(23-8-5-6-9-24(23)36(28(25)38)15-7-14-33(4)31-2)34-16-18-35(19-17-34)27(37)21-10-12-22(13-11-21)41-32-3/h5-6,8-13,30-32H,7,14-20H2,1-4H3. The molecular weight excluding hydrogens is 526 g/mol. The third-order valence-electron chi connectivity index (χ3n) is 7.16. The van der Waals surface area contributed by atoms with E-state index in [1.807, 2.05) is 48.3 Å². The van der Waals surface area contributed by atoms with Crippen LogP contribution in [0.2, 0.25) is 0 Å². The molecule has 220 valence electrons. The Hall–Kier alpha value is -3.97. The number of hydrogen-bond acceptors (Lipinski definition) is 10. The van der Waals surface area contributed by atoms with Crippen LogP contribution in [0, 0.1) is 0 Å². The fraction of sp³-hybridized carbons (Fsp3) is 0.414. The Bertz CT molecular complexity index is 1400. The number of nitrogens with one attached hydrogen (secondary N) is 3. The van der Waals surface area contributed by atoms with Gasteiger partial charge in [0.25, 0.3) is 11.5 Å². The second kappa shape index (κ2) is 14.1. The van der Waals surface area contributed by atoms with Gasteiger partial charge in [-0.2, -0.15) is 5.48 Å². The average Bonchev–Trinajstić information content (AvgIpc) is 3.00. The zero-order valence-electron chi connectivity index (χ0n) is 24.1. The lowest BCUT2D eigenvalue weighted by Gasteiger charge is -2.37. The number of rotatable bonds is 12. The average molecular weight is 566 g/mol. The summed E-state index contributed by atoms with van der Waals surface area (Å²) in [5.41, 5.74) is 7.18. The molecule has 0 bridgehead atoms. The Morgan fingerprint density at radius 2 is 1.68 bits per heavy atom. The molecule has 2 aromatic carbocycles. The number of hydroxylamine groups is 1. The predicted octanol–water partition coefficient (Wildman–Crippen LogP) is 1.27. The highest BCUT2D eigenvalue weighted by atomic mass is 16.6. The maximum Gasteiger partial charge on any atom is 0.347 e. The first kappa shape index (κ1) is 30.0. The van der Waals surface area contributed by atoms with Gasteiger partial charge in [0.05, 0.1) is 11.2 Å². The molecule has 0 radical (unpaired) electrons. The van der Waals surface area contributed by atoms with Crippen LogP contribution in [0.3, 0.4) is 0 Å². The molecule has 0 aliphatic carbocycles. The molecule has 1 fully saturated rings. The Morgan fingerprint density at radius 1 is 0.976 bits per heavy atom. The lowest BCUT2D eigenvalue weighted by Crippen LogP contribution is -2.49. The van der Waals surface area contributed by atoms with Crippen molar-refractivity contribution in [2.24, 2.45) is 0 Å². The summed E-state index contributed by atoms with van der Waals surface area (Å²) >= 11 is 0. The van der Waals surface area contributed by atoms with Crippen LogP contribution in [0.15, 0.2) is 53.3 Å². The molecule has 3 aromatic rings. The SMILES string of the molecule is CNCOC(=O)c1c(N2CCN(C(=O)c3ccc(ONC)cc3)CC2)c2ccccc2n(CCCN(C)NC)c1=O. The number of ether oxygens (including phenoxy) is 1. The summed E-state index contributed by atoms with van der Waals surface area (Å²) < 4.78 is 7.08. The van der Waals surface area contributed by atoms with E-state index in [-0.39, 0.29) is 23.8 Å². The van der Waals surface area contributed by atoms with E-state index in [0.29, 0.717) is 56.1 Å². The monoisotopic (exact) mass is 565 g/mol. The molecule has 1 aliphatic rings. The minimum absolute atomic E-state index is 0.0146. The topological polar surface area (TPSA) is 120 Å². The Labute approximate surface area is 239 Å². The maximum absolute atomic E-state index is 13.9. The van der Waals surface area contributed by atoms with E-state index >= 15 is 0 Å². The van der Waals surface area contributed by atoms with Gasteiger partial charge in [0.2, 0.25) is 0 Å². The molecule has 12 heteroatoms. The summed E-state index contributed by atoms with van der Waals surface area (Å²) in [6, 6.07) is 14.6. The van der Waals surface area contributed by atoms with Crippen molar-refractivity contribution in [1.29, 1.82) is 0 Å². The number of aryl methyl sites for hydroxylation is 1. The molecule has 1 aromatic heterocycles. The number of aromatic nitrogens is 1. The molecule has 4 rings (SSSR count). The van der Waals surface area contributed by atoms with Crippen molar-refractivity contribution >= 4 is 28.5 Å². The number of carbonyl (C=O) groups excluding carboxylic acids is 2. The van der Waals surface area contributed by atoms with E-state index in [9.17, 15) is 14.4 Å². The fourth-order valence-corrected chi connectivity index (χ4v) is 5.01. The van der Waals surface area contributed by atoms with E-state index in [1.54, 1.807) is 47.8 Å². The van der Waals surface area contributed by atoms with Crippen LogP contribution in [0.25, 0.3) is 10.9 Å². The lowest BCUT2D eigenvalue weighted by molar-refractivity contribution is 0.0479. The molecule has 41 heavy (non-hydrogen) atoms. The van der Waals surface area contributed by atoms with Crippen LogP contribution in [0.1, 0.15) is 27.1 Å². The molecule has 0 unspecified atom stereocenters. The van der Waals surface area contributed by atoms with Crippen molar-refractivity contribution in [2.75, 3.05) is 72.5 Å². The number of amides is 1. The number of fused-ring (bicyclic) bond motifs is 1. The van der Waals surface area contributed by atoms with Crippen molar-refractivity contribution in [2.45, 2.75) is 13.0 Å². The largest absolute Gasteiger partial charge is 0.446 e. The van der Waals surface area contributed by atoms with Gasteiger partial charge in [-0.25, -0.2) is 9.80 Å². The van der Waals surface area contributed by atoms with Gasteiger partial charge >= 0.3 is 5.97 Å². The summed E-state index contributed by atoms with van der Waals surface area (Å²) in [7, 11) is 7.11. The number of nitrogens with zero attached hydrogens (tertiary/aromatic N) is 4. The van der Waals surface area contributed by atoms with Gasteiger partial charge in [-0.3, -0.25) is 20.3 Å². The van der Waals surface area contributed by atoms with Crippen LogP contribution < -0.4 is 31.5 Å². The third-order valence-corrected chi connectivity index (χ3v) is 7.16. The van der Waals surface area contributed by atoms with E-state index < -0.39 is 5.97 Å². The Kier molecular flexibility index (Phi) is 10.3. The van der Waals surface area contributed by atoms with Crippen molar-refractivity contribution in [3.63, 3.8) is 0 Å². The molecular formula is C29H39N7O5. The van der Waals surface area contributed by atoms with Gasteiger partial charge < -0.3 is 23.9 Å². The van der Waals surface area contributed by atoms with Gasteiger partial charge in [-0.05, 0) is 50.8 Å². The van der Waals surface area contributed by atoms with Crippen molar-refractivity contribution in [1.82, 2.24) is 30.7 Å². The summed E-state index contributed by atoms with van der Waals surface area (Å²) in [6.07, 6.45) is 0.703. The summed E-state index contributed by atoms with van der Waals surface area (Å²) in [5.74, 6) is -0.142. The second-order valence-electron chi connectivity index (χ2n) is 9.74. The highest BCUT2D eigenvalue weighted by Gasteiger charge is 2.30. The number of pyridine rings is 1. The highest BCUT2D eigenvalue weighted by molar-refractivity contribution is 6.05. The molecule has 2 heterocycles. The van der Waals surface area contributed by atoms with Crippen LogP contribution in [-0.4, -0.2) is 94.0 Å². The highest BCUT2D eigenvalue weighted by Crippen LogP contribution is 2.31. The normalized spacial score (nSPS) is 13.6. The van der Waals surface area contributed by atoms with Crippen LogP contribution >= 0.6 is 0 Å². The first-order chi connectivity index (χ1) is 19.9. The van der Waals surface area contributed by atoms with Gasteiger partial charge in [0.15, 0.2) is 0 Å². The van der Waals surface area contributed by atoms with Crippen LogP contribution in [-0.2, 0) is 11.3 Å². The number of para-hydroxylation sites is 1. The molecule has 3 N–H and O–H groups in total. The maximum atomic E-state index is 13.9. The smallest absolute Gasteiger partial charge is 0.347 e. The van der Waals surface area contributed by atoms with Gasteiger partial charge in [0.1, 0.15) is 18.0 Å². The van der Waals surface area contributed by atoms with Gasteiger partial charge in [0, 0.05) is 64.3 Å². The van der Waals surface area contributed by atoms with Crippen molar-refractivity contribution in [3.05, 3.63) is 70.0 Å².